The summed E-state index contributed by atoms with van der Waals surface area (Å²) in [5.41, 5.74) is 1.63. The molecule has 0 spiro atoms. The Labute approximate surface area is 85.9 Å². The summed E-state index contributed by atoms with van der Waals surface area (Å²) in [6, 6.07) is 3.60. The Bertz CT molecular complexity index is 430. The number of hydrogen-bond donors (Lipinski definition) is 1. The summed E-state index contributed by atoms with van der Waals surface area (Å²) < 4.78 is 15.7. The zero-order valence-corrected chi connectivity index (χ0v) is 7.91. The molecule has 15 heavy (non-hydrogen) atoms. The van der Waals surface area contributed by atoms with Crippen LogP contribution in [0.2, 0.25) is 0 Å². The van der Waals surface area contributed by atoms with Crippen LogP contribution in [0.1, 0.15) is 5.56 Å². The minimum atomic E-state index is -0.431. The molecule has 0 bridgehead atoms. The number of ether oxygens (including phenoxy) is 3. The number of benzene rings is 1. The molecule has 5 nitrogen and oxygen atoms in total. The normalized spacial score (nSPS) is 17.5. The van der Waals surface area contributed by atoms with Gasteiger partial charge in [0.15, 0.2) is 11.5 Å². The highest BCUT2D eigenvalue weighted by molar-refractivity contribution is 5.88. The summed E-state index contributed by atoms with van der Waals surface area (Å²) in [6.07, 6.45) is -0.431. The highest BCUT2D eigenvalue weighted by Crippen LogP contribution is 2.37. The van der Waals surface area contributed by atoms with Gasteiger partial charge in [0, 0.05) is 11.6 Å². The summed E-state index contributed by atoms with van der Waals surface area (Å²) in [5, 5.41) is 2.61. The van der Waals surface area contributed by atoms with Gasteiger partial charge >= 0.3 is 6.09 Å². The van der Waals surface area contributed by atoms with Crippen molar-refractivity contribution in [1.29, 1.82) is 0 Å². The molecule has 0 saturated heterocycles. The molecule has 1 amide bonds. The standard InChI is InChI=1S/C10H9NO4/c12-10-11-7-4-9-8(13-1-2-14-9)3-6(7)5-15-10/h3-4H,1-2,5H2,(H,11,12). The van der Waals surface area contributed by atoms with E-state index in [2.05, 4.69) is 5.32 Å². The summed E-state index contributed by atoms with van der Waals surface area (Å²) in [4.78, 5) is 11.0. The summed E-state index contributed by atoms with van der Waals surface area (Å²) in [7, 11) is 0. The van der Waals surface area contributed by atoms with Crippen molar-refractivity contribution in [3.05, 3.63) is 17.7 Å². The smallest absolute Gasteiger partial charge is 0.411 e. The summed E-state index contributed by atoms with van der Waals surface area (Å²) in [5.74, 6) is 1.38. The first-order valence-corrected chi connectivity index (χ1v) is 4.69. The van der Waals surface area contributed by atoms with Crippen molar-refractivity contribution in [3.63, 3.8) is 0 Å². The van der Waals surface area contributed by atoms with E-state index in [1.54, 1.807) is 6.07 Å². The zero-order valence-electron chi connectivity index (χ0n) is 7.91. The first-order valence-electron chi connectivity index (χ1n) is 4.69. The fraction of sp³-hybridized carbons (Fsp3) is 0.300. The maximum atomic E-state index is 11.0. The Hall–Kier alpha value is -1.91. The van der Waals surface area contributed by atoms with Gasteiger partial charge in [-0.2, -0.15) is 0 Å². The number of carbonyl (C=O) groups is 1. The lowest BCUT2D eigenvalue weighted by Gasteiger charge is -2.23. The molecule has 0 aliphatic carbocycles. The molecule has 1 N–H and O–H groups in total. The van der Waals surface area contributed by atoms with E-state index in [1.165, 1.54) is 0 Å². The van der Waals surface area contributed by atoms with Crippen LogP contribution in [0.4, 0.5) is 10.5 Å². The molecule has 78 valence electrons. The van der Waals surface area contributed by atoms with E-state index in [4.69, 9.17) is 14.2 Å². The molecule has 0 aromatic heterocycles. The fourth-order valence-corrected chi connectivity index (χ4v) is 1.66. The van der Waals surface area contributed by atoms with Crippen molar-refractivity contribution < 1.29 is 19.0 Å². The van der Waals surface area contributed by atoms with Gasteiger partial charge < -0.3 is 14.2 Å². The number of carbonyl (C=O) groups excluding carboxylic acids is 1. The molecule has 1 aromatic carbocycles. The second-order valence-corrected chi connectivity index (χ2v) is 3.35. The molecular formula is C10H9NO4. The van der Waals surface area contributed by atoms with E-state index >= 15 is 0 Å². The fourth-order valence-electron chi connectivity index (χ4n) is 1.66. The number of hydrogen-bond acceptors (Lipinski definition) is 4. The molecule has 0 unspecified atom stereocenters. The van der Waals surface area contributed by atoms with Crippen LogP contribution in [0.15, 0.2) is 12.1 Å². The molecule has 2 aliphatic heterocycles. The monoisotopic (exact) mass is 207 g/mol. The third-order valence-corrected chi connectivity index (χ3v) is 2.36. The minimum absolute atomic E-state index is 0.276. The van der Waals surface area contributed by atoms with Gasteiger partial charge in [0.2, 0.25) is 0 Å². The molecule has 0 fully saturated rings. The van der Waals surface area contributed by atoms with Gasteiger partial charge in [-0.15, -0.1) is 0 Å². The Morgan fingerprint density at radius 3 is 2.60 bits per heavy atom. The third-order valence-electron chi connectivity index (χ3n) is 2.36. The first kappa shape index (κ1) is 8.40. The van der Waals surface area contributed by atoms with Crippen LogP contribution in [0.5, 0.6) is 11.5 Å². The number of amides is 1. The maximum absolute atomic E-state index is 11.0. The van der Waals surface area contributed by atoms with Crippen LogP contribution >= 0.6 is 0 Å². The van der Waals surface area contributed by atoms with Crippen LogP contribution in [0.3, 0.4) is 0 Å². The van der Waals surface area contributed by atoms with Crippen molar-refractivity contribution in [2.24, 2.45) is 0 Å². The Morgan fingerprint density at radius 2 is 1.80 bits per heavy atom. The molecule has 0 saturated carbocycles. The van der Waals surface area contributed by atoms with Crippen LogP contribution in [-0.2, 0) is 11.3 Å². The molecule has 0 radical (unpaired) electrons. The Balaban J connectivity index is 2.06. The second kappa shape index (κ2) is 3.05. The van der Waals surface area contributed by atoms with Gasteiger partial charge in [-0.3, -0.25) is 5.32 Å². The van der Waals surface area contributed by atoms with Crippen LogP contribution < -0.4 is 14.8 Å². The van der Waals surface area contributed by atoms with Crippen LogP contribution in [-0.4, -0.2) is 19.3 Å². The molecule has 0 atom stereocenters. The second-order valence-electron chi connectivity index (χ2n) is 3.35. The van der Waals surface area contributed by atoms with Crippen LogP contribution in [0, 0.1) is 0 Å². The van der Waals surface area contributed by atoms with Gasteiger partial charge in [-0.05, 0) is 6.07 Å². The topological polar surface area (TPSA) is 56.8 Å². The summed E-state index contributed by atoms with van der Waals surface area (Å²) >= 11 is 0. The van der Waals surface area contributed by atoms with Crippen molar-refractivity contribution in [2.75, 3.05) is 18.5 Å². The molecule has 2 heterocycles. The van der Waals surface area contributed by atoms with Gasteiger partial charge in [0.1, 0.15) is 19.8 Å². The zero-order chi connectivity index (χ0) is 10.3. The number of cyclic esters (lactones) is 1. The molecular weight excluding hydrogens is 198 g/mol. The predicted molar refractivity (Wildman–Crippen MR) is 51.2 cm³/mol. The van der Waals surface area contributed by atoms with Crippen molar-refractivity contribution >= 4 is 11.8 Å². The van der Waals surface area contributed by atoms with E-state index in [-0.39, 0.29) is 6.61 Å². The van der Waals surface area contributed by atoms with E-state index in [0.717, 1.165) is 11.3 Å². The number of rotatable bonds is 0. The lowest BCUT2D eigenvalue weighted by Crippen LogP contribution is -2.22. The maximum Gasteiger partial charge on any atom is 0.411 e. The Morgan fingerprint density at radius 1 is 1.07 bits per heavy atom. The Kier molecular flexibility index (Phi) is 1.71. The largest absolute Gasteiger partial charge is 0.486 e. The predicted octanol–water partition coefficient (Wildman–Crippen LogP) is 1.52. The van der Waals surface area contributed by atoms with Gasteiger partial charge in [0.05, 0.1) is 5.69 Å². The van der Waals surface area contributed by atoms with E-state index < -0.39 is 6.09 Å². The molecule has 1 aromatic rings. The van der Waals surface area contributed by atoms with Crippen molar-refractivity contribution in [1.82, 2.24) is 0 Å². The van der Waals surface area contributed by atoms with Crippen molar-refractivity contribution in [3.8, 4) is 11.5 Å². The molecule has 2 aliphatic rings. The highest BCUT2D eigenvalue weighted by Gasteiger charge is 2.21. The van der Waals surface area contributed by atoms with Crippen LogP contribution in [0.25, 0.3) is 0 Å². The number of fused-ring (bicyclic) bond motifs is 2. The lowest BCUT2D eigenvalue weighted by atomic mass is 10.1. The van der Waals surface area contributed by atoms with E-state index in [1.807, 2.05) is 6.07 Å². The van der Waals surface area contributed by atoms with Gasteiger partial charge in [-0.1, -0.05) is 0 Å². The highest BCUT2D eigenvalue weighted by atomic mass is 16.6. The van der Waals surface area contributed by atoms with Crippen molar-refractivity contribution in [2.45, 2.75) is 6.61 Å². The average molecular weight is 207 g/mol. The summed E-state index contributed by atoms with van der Waals surface area (Å²) in [6.45, 7) is 1.37. The molecule has 3 rings (SSSR count). The third kappa shape index (κ3) is 1.36. The number of nitrogens with one attached hydrogen (secondary N) is 1. The minimum Gasteiger partial charge on any atom is -0.486 e. The number of anilines is 1. The SMILES string of the molecule is O=C1Nc2cc3c(cc2CO1)OCCO3. The van der Waals surface area contributed by atoms with E-state index in [0.29, 0.717) is 24.7 Å². The lowest BCUT2D eigenvalue weighted by molar-refractivity contribution is 0.149. The van der Waals surface area contributed by atoms with Gasteiger partial charge in [-0.25, -0.2) is 4.79 Å². The quantitative estimate of drug-likeness (QED) is 0.700. The van der Waals surface area contributed by atoms with E-state index in [9.17, 15) is 4.79 Å². The average Bonchev–Trinajstić information content (AvgIpc) is 2.26. The molecule has 5 heteroatoms. The first-order chi connectivity index (χ1) is 7.33. The van der Waals surface area contributed by atoms with Gasteiger partial charge in [0.25, 0.3) is 0 Å².